The van der Waals surface area contributed by atoms with E-state index >= 15 is 0 Å². The summed E-state index contributed by atoms with van der Waals surface area (Å²) in [5.74, 6) is 0.451. The van der Waals surface area contributed by atoms with Crippen molar-refractivity contribution in [3.63, 3.8) is 0 Å². The maximum Gasteiger partial charge on any atom is 0.240 e. The molecule has 0 saturated carbocycles. The molecule has 0 bridgehead atoms. The summed E-state index contributed by atoms with van der Waals surface area (Å²) < 4.78 is 7.49. The number of benzene rings is 2. The van der Waals surface area contributed by atoms with Gasteiger partial charge in [-0.25, -0.2) is 4.68 Å². The van der Waals surface area contributed by atoms with Crippen LogP contribution in [0.15, 0.2) is 66.0 Å². The van der Waals surface area contributed by atoms with Gasteiger partial charge in [-0.3, -0.25) is 14.5 Å². The summed E-state index contributed by atoms with van der Waals surface area (Å²) in [6.45, 7) is 3.08. The second-order valence-corrected chi connectivity index (χ2v) is 12.5. The van der Waals surface area contributed by atoms with Gasteiger partial charge < -0.3 is 10.1 Å². The number of carbonyl (C=O) groups is 2. The predicted octanol–water partition coefficient (Wildman–Crippen LogP) is 6.03. The second kappa shape index (κ2) is 11.8. The molecule has 2 aliphatic rings. The van der Waals surface area contributed by atoms with Gasteiger partial charge in [0.2, 0.25) is 11.8 Å². The van der Waals surface area contributed by atoms with E-state index in [0.717, 1.165) is 52.4 Å². The lowest BCUT2D eigenvalue weighted by molar-refractivity contribution is -0.123. The quantitative estimate of drug-likeness (QED) is 0.284. The molecule has 2 amide bonds. The normalized spacial score (nSPS) is 18.9. The van der Waals surface area contributed by atoms with Crippen molar-refractivity contribution in [3.05, 3.63) is 87.8 Å². The highest BCUT2D eigenvalue weighted by Crippen LogP contribution is 2.49. The molecule has 10 heteroatoms. The third kappa shape index (κ3) is 5.56. The zero-order valence-corrected chi connectivity index (χ0v) is 24.4. The van der Waals surface area contributed by atoms with Crippen LogP contribution in [0.5, 0.6) is 0 Å². The fourth-order valence-corrected chi connectivity index (χ4v) is 7.26. The van der Waals surface area contributed by atoms with Gasteiger partial charge in [0, 0.05) is 23.7 Å². The standard InChI is InChI=1S/C30H29ClN4O3S2/c1-19-9-11-22(12-10-19)35-30-27(28(33-35)24-8-4-14-39-24)29(20-5-2-6-21(31)15-20)40-18-26(37)34(30)17-25(36)32-16-23-7-3-13-38-23/h2,4-6,8-12,14-15,23,29H,3,7,13,16-18H2,1H3,(H,32,36)/t23-,29-/m0/s1. The van der Waals surface area contributed by atoms with E-state index in [1.165, 1.54) is 11.8 Å². The predicted molar refractivity (Wildman–Crippen MR) is 162 cm³/mol. The minimum atomic E-state index is -0.227. The minimum absolute atomic E-state index is 0.0191. The van der Waals surface area contributed by atoms with E-state index in [0.29, 0.717) is 17.4 Å². The molecule has 7 nitrogen and oxygen atoms in total. The highest BCUT2D eigenvalue weighted by Gasteiger charge is 2.38. The first-order valence-corrected chi connectivity index (χ1v) is 15.6. The molecule has 206 valence electrons. The molecule has 2 aliphatic heterocycles. The Hall–Kier alpha value is -3.11. The lowest BCUT2D eigenvalue weighted by atomic mass is 10.0. The van der Waals surface area contributed by atoms with E-state index in [-0.39, 0.29) is 35.5 Å². The zero-order valence-electron chi connectivity index (χ0n) is 22.0. The van der Waals surface area contributed by atoms with E-state index in [4.69, 9.17) is 21.4 Å². The monoisotopic (exact) mass is 592 g/mol. The van der Waals surface area contributed by atoms with Crippen LogP contribution in [0.25, 0.3) is 16.3 Å². The molecule has 2 aromatic carbocycles. The van der Waals surface area contributed by atoms with Gasteiger partial charge in [0.15, 0.2) is 0 Å². The Kier molecular flexibility index (Phi) is 7.98. The first-order chi connectivity index (χ1) is 19.5. The van der Waals surface area contributed by atoms with Crippen LogP contribution in [0.3, 0.4) is 0 Å². The van der Waals surface area contributed by atoms with Gasteiger partial charge >= 0.3 is 0 Å². The van der Waals surface area contributed by atoms with E-state index < -0.39 is 0 Å². The summed E-state index contributed by atoms with van der Waals surface area (Å²) >= 11 is 9.56. The number of nitrogens with one attached hydrogen (secondary N) is 1. The van der Waals surface area contributed by atoms with Crippen LogP contribution in [0.4, 0.5) is 5.82 Å². The van der Waals surface area contributed by atoms with Crippen molar-refractivity contribution >= 4 is 52.3 Å². The van der Waals surface area contributed by atoms with Crippen LogP contribution < -0.4 is 10.2 Å². The Morgan fingerprint density at radius 3 is 2.75 bits per heavy atom. The molecular formula is C30H29ClN4O3S2. The third-order valence-corrected chi connectivity index (χ3v) is 9.49. The molecule has 40 heavy (non-hydrogen) atoms. The molecule has 1 fully saturated rings. The molecule has 4 aromatic rings. The van der Waals surface area contributed by atoms with Gasteiger partial charge in [0.05, 0.1) is 27.7 Å². The Bertz CT molecular complexity index is 1510. The molecule has 1 N–H and O–H groups in total. The van der Waals surface area contributed by atoms with Crippen LogP contribution in [0.1, 0.15) is 34.8 Å². The highest BCUT2D eigenvalue weighted by atomic mass is 35.5. The maximum absolute atomic E-state index is 13.8. The number of hydrogen-bond donors (Lipinski definition) is 1. The lowest BCUT2D eigenvalue weighted by Gasteiger charge is -2.23. The van der Waals surface area contributed by atoms with E-state index in [9.17, 15) is 9.59 Å². The van der Waals surface area contributed by atoms with Crippen LogP contribution in [0, 0.1) is 6.92 Å². The first-order valence-electron chi connectivity index (χ1n) is 13.3. The number of thiophene rings is 1. The average Bonchev–Trinajstić information content (AvgIpc) is 3.72. The largest absolute Gasteiger partial charge is 0.376 e. The number of anilines is 1. The van der Waals surface area contributed by atoms with Crippen molar-refractivity contribution in [2.24, 2.45) is 0 Å². The van der Waals surface area contributed by atoms with Gasteiger partial charge in [-0.15, -0.1) is 23.1 Å². The molecule has 0 unspecified atom stereocenters. The molecule has 2 atom stereocenters. The molecule has 0 aliphatic carbocycles. The summed E-state index contributed by atoms with van der Waals surface area (Å²) in [6, 6.07) is 19.8. The van der Waals surface area contributed by atoms with Crippen molar-refractivity contribution < 1.29 is 14.3 Å². The summed E-state index contributed by atoms with van der Waals surface area (Å²) in [5.41, 5.74) is 4.61. The Morgan fingerprint density at radius 2 is 2.02 bits per heavy atom. The number of nitrogens with zero attached hydrogens (tertiary/aromatic N) is 3. The van der Waals surface area contributed by atoms with Crippen LogP contribution >= 0.6 is 34.7 Å². The summed E-state index contributed by atoms with van der Waals surface area (Å²) in [6.07, 6.45) is 1.94. The van der Waals surface area contributed by atoms with Gasteiger partial charge in [0.25, 0.3) is 0 Å². The van der Waals surface area contributed by atoms with E-state index in [1.54, 1.807) is 16.2 Å². The number of halogens is 1. The molecule has 0 spiro atoms. The van der Waals surface area contributed by atoms with Crippen molar-refractivity contribution in [1.29, 1.82) is 0 Å². The first kappa shape index (κ1) is 27.1. The van der Waals surface area contributed by atoms with Crippen molar-refractivity contribution in [3.8, 4) is 16.3 Å². The Morgan fingerprint density at radius 1 is 1.18 bits per heavy atom. The van der Waals surface area contributed by atoms with Crippen molar-refractivity contribution in [2.45, 2.75) is 31.1 Å². The van der Waals surface area contributed by atoms with Crippen LogP contribution in [0.2, 0.25) is 5.02 Å². The van der Waals surface area contributed by atoms with Gasteiger partial charge in [0.1, 0.15) is 18.1 Å². The number of amides is 2. The second-order valence-electron chi connectivity index (χ2n) is 9.98. The number of carbonyl (C=O) groups excluding carboxylic acids is 2. The number of rotatable bonds is 7. The number of thioether (sulfide) groups is 1. The van der Waals surface area contributed by atoms with Crippen molar-refractivity contribution in [1.82, 2.24) is 15.1 Å². The maximum atomic E-state index is 13.8. The van der Waals surface area contributed by atoms with Gasteiger partial charge in [-0.1, -0.05) is 47.5 Å². The number of fused-ring (bicyclic) bond motifs is 1. The zero-order chi connectivity index (χ0) is 27.6. The van der Waals surface area contributed by atoms with E-state index in [2.05, 4.69) is 5.32 Å². The molecule has 4 heterocycles. The Balaban J connectivity index is 1.50. The summed E-state index contributed by atoms with van der Waals surface area (Å²) in [5, 5.41) is 10.5. The summed E-state index contributed by atoms with van der Waals surface area (Å²) in [7, 11) is 0. The third-order valence-electron chi connectivity index (χ3n) is 7.13. The fraction of sp³-hybridized carbons (Fsp3) is 0.300. The SMILES string of the molecule is Cc1ccc(-n2nc(-c3cccs3)c3c2N(CC(=O)NC[C@@H]2CCCO2)C(=O)CS[C@H]3c2cccc(Cl)c2)cc1. The lowest BCUT2D eigenvalue weighted by Crippen LogP contribution is -2.44. The van der Waals surface area contributed by atoms with Gasteiger partial charge in [-0.05, 0) is 61.0 Å². The van der Waals surface area contributed by atoms with Crippen LogP contribution in [-0.4, -0.2) is 53.1 Å². The topological polar surface area (TPSA) is 76.5 Å². The molecule has 0 radical (unpaired) electrons. The number of ether oxygens (including phenoxy) is 1. The van der Waals surface area contributed by atoms with Crippen LogP contribution in [-0.2, 0) is 14.3 Å². The van der Waals surface area contributed by atoms with Crippen molar-refractivity contribution in [2.75, 3.05) is 30.3 Å². The molecule has 2 aromatic heterocycles. The fourth-order valence-electron chi connectivity index (χ4n) is 5.15. The van der Waals surface area contributed by atoms with Gasteiger partial charge in [-0.2, -0.15) is 5.10 Å². The number of aryl methyl sites for hydroxylation is 1. The smallest absolute Gasteiger partial charge is 0.240 e. The molecular weight excluding hydrogens is 564 g/mol. The van der Waals surface area contributed by atoms with E-state index in [1.807, 2.05) is 77.6 Å². The summed E-state index contributed by atoms with van der Waals surface area (Å²) in [4.78, 5) is 29.6. The molecule has 6 rings (SSSR count). The average molecular weight is 593 g/mol. The highest BCUT2D eigenvalue weighted by molar-refractivity contribution is 8.00. The minimum Gasteiger partial charge on any atom is -0.376 e. The number of hydrogen-bond acceptors (Lipinski definition) is 6. The molecule has 1 saturated heterocycles. The number of aromatic nitrogens is 2. The Labute approximate surface area is 246 Å².